The molecular weight excluding hydrogens is 270 g/mol. The third-order valence-electron chi connectivity index (χ3n) is 2.14. The van der Waals surface area contributed by atoms with E-state index in [0.717, 1.165) is 0 Å². The molecule has 1 rings (SSSR count). The number of ether oxygens (including phenoxy) is 1. The molecule has 0 saturated carbocycles. The van der Waals surface area contributed by atoms with Crippen LogP contribution in [0.3, 0.4) is 0 Å². The van der Waals surface area contributed by atoms with E-state index in [0.29, 0.717) is 26.3 Å². The molecule has 4 nitrogen and oxygen atoms in total. The molecule has 1 atom stereocenters. The summed E-state index contributed by atoms with van der Waals surface area (Å²) in [4.78, 5) is 0.0959. The van der Waals surface area contributed by atoms with Crippen LogP contribution in [-0.4, -0.2) is 49.1 Å². The van der Waals surface area contributed by atoms with E-state index in [-0.39, 0.29) is 10.1 Å². The minimum absolute atomic E-state index is 0.0959. The molecule has 0 N–H and O–H groups in total. The van der Waals surface area contributed by atoms with Gasteiger partial charge in [0, 0.05) is 13.1 Å². The van der Waals surface area contributed by atoms with E-state index < -0.39 is 10.0 Å². The second-order valence-electron chi connectivity index (χ2n) is 3.62. The highest BCUT2D eigenvalue weighted by Crippen LogP contribution is 2.14. The third kappa shape index (κ3) is 2.92. The lowest BCUT2D eigenvalue weighted by atomic mass is 10.4. The zero-order valence-electron chi connectivity index (χ0n) is 8.44. The fourth-order valence-corrected chi connectivity index (χ4v) is 3.31. The van der Waals surface area contributed by atoms with E-state index in [2.05, 4.69) is 15.9 Å². The normalized spacial score (nSPS) is 26.4. The van der Waals surface area contributed by atoms with Gasteiger partial charge in [0.15, 0.2) is 0 Å². The van der Waals surface area contributed by atoms with Gasteiger partial charge < -0.3 is 4.74 Å². The highest BCUT2D eigenvalue weighted by Gasteiger charge is 2.28. The first-order chi connectivity index (χ1) is 6.44. The van der Waals surface area contributed by atoms with Gasteiger partial charge in [-0.1, -0.05) is 15.9 Å². The number of hydrogen-bond acceptors (Lipinski definition) is 3. The summed E-state index contributed by atoms with van der Waals surface area (Å²) >= 11 is 3.39. The van der Waals surface area contributed by atoms with Gasteiger partial charge in [-0.15, -0.1) is 0 Å². The van der Waals surface area contributed by atoms with E-state index in [9.17, 15) is 8.42 Å². The van der Waals surface area contributed by atoms with E-state index in [1.807, 2.05) is 0 Å². The summed E-state index contributed by atoms with van der Waals surface area (Å²) in [7, 11) is -3.13. The maximum atomic E-state index is 11.8. The van der Waals surface area contributed by atoms with Gasteiger partial charge in [0.25, 0.3) is 0 Å². The number of nitrogens with zero attached hydrogens (tertiary/aromatic N) is 1. The minimum atomic E-state index is -3.13. The van der Waals surface area contributed by atoms with Crippen LogP contribution in [0, 0.1) is 0 Å². The Hall–Kier alpha value is 0.350. The molecule has 1 aliphatic rings. The summed E-state index contributed by atoms with van der Waals surface area (Å²) in [5, 5.41) is -0.361. The van der Waals surface area contributed by atoms with Crippen LogP contribution in [0.15, 0.2) is 0 Å². The van der Waals surface area contributed by atoms with Crippen molar-refractivity contribution in [3.8, 4) is 0 Å². The average Bonchev–Trinajstić information content (AvgIpc) is 2.29. The van der Waals surface area contributed by atoms with Gasteiger partial charge in [0.2, 0.25) is 10.0 Å². The molecule has 0 bridgehead atoms. The molecule has 1 heterocycles. The maximum Gasteiger partial charge on any atom is 0.216 e. The molecule has 0 aromatic heterocycles. The van der Waals surface area contributed by atoms with Gasteiger partial charge in [0.1, 0.15) is 0 Å². The van der Waals surface area contributed by atoms with Gasteiger partial charge in [-0.05, 0) is 13.8 Å². The molecule has 1 saturated heterocycles. The average molecular weight is 286 g/mol. The van der Waals surface area contributed by atoms with Crippen molar-refractivity contribution >= 4 is 26.0 Å². The van der Waals surface area contributed by atoms with Crippen LogP contribution in [0.4, 0.5) is 0 Å². The summed E-state index contributed by atoms with van der Waals surface area (Å²) in [5.74, 6) is 0. The van der Waals surface area contributed by atoms with Gasteiger partial charge in [-0.25, -0.2) is 8.42 Å². The second kappa shape index (κ2) is 4.92. The van der Waals surface area contributed by atoms with E-state index in [4.69, 9.17) is 4.74 Å². The van der Waals surface area contributed by atoms with Gasteiger partial charge in [-0.3, -0.25) is 0 Å². The molecule has 0 amide bonds. The zero-order valence-corrected chi connectivity index (χ0v) is 10.8. The van der Waals surface area contributed by atoms with Crippen molar-refractivity contribution in [2.45, 2.75) is 23.9 Å². The van der Waals surface area contributed by atoms with Crippen molar-refractivity contribution in [2.24, 2.45) is 0 Å². The Morgan fingerprint density at radius 2 is 2.14 bits per heavy atom. The highest BCUT2D eigenvalue weighted by atomic mass is 79.9. The van der Waals surface area contributed by atoms with E-state index in [1.54, 1.807) is 13.8 Å². The SMILES string of the molecule is CC(C)S(=O)(=O)N1CCOCC(Br)C1. The van der Waals surface area contributed by atoms with Crippen LogP contribution in [0.5, 0.6) is 0 Å². The predicted molar refractivity (Wildman–Crippen MR) is 59.2 cm³/mol. The molecule has 14 heavy (non-hydrogen) atoms. The largest absolute Gasteiger partial charge is 0.379 e. The Labute approximate surface area is 93.8 Å². The first kappa shape index (κ1) is 12.4. The highest BCUT2D eigenvalue weighted by molar-refractivity contribution is 9.09. The smallest absolute Gasteiger partial charge is 0.216 e. The van der Waals surface area contributed by atoms with Crippen molar-refractivity contribution in [3.05, 3.63) is 0 Å². The van der Waals surface area contributed by atoms with Crippen molar-refractivity contribution in [1.82, 2.24) is 4.31 Å². The predicted octanol–water partition coefficient (Wildman–Crippen LogP) is 0.820. The molecule has 84 valence electrons. The Balaban J connectivity index is 2.75. The van der Waals surface area contributed by atoms with Crippen molar-refractivity contribution < 1.29 is 13.2 Å². The molecular formula is C8H16BrNO3S. The van der Waals surface area contributed by atoms with Crippen LogP contribution in [-0.2, 0) is 14.8 Å². The standard InChI is InChI=1S/C8H16BrNO3S/c1-7(2)14(11,12)10-3-4-13-6-8(9)5-10/h7-8H,3-6H2,1-2H3. The van der Waals surface area contributed by atoms with Gasteiger partial charge in [-0.2, -0.15) is 4.31 Å². The van der Waals surface area contributed by atoms with E-state index in [1.165, 1.54) is 4.31 Å². The molecule has 0 radical (unpaired) electrons. The number of halogens is 1. The maximum absolute atomic E-state index is 11.8. The first-order valence-electron chi connectivity index (χ1n) is 4.65. The zero-order chi connectivity index (χ0) is 10.8. The number of rotatable bonds is 2. The third-order valence-corrected chi connectivity index (χ3v) is 4.94. The molecule has 6 heteroatoms. The lowest BCUT2D eigenvalue weighted by Crippen LogP contribution is -2.40. The van der Waals surface area contributed by atoms with Crippen molar-refractivity contribution in [2.75, 3.05) is 26.3 Å². The van der Waals surface area contributed by atoms with Crippen LogP contribution >= 0.6 is 15.9 Å². The number of sulfonamides is 1. The molecule has 0 aromatic rings. The Morgan fingerprint density at radius 1 is 1.50 bits per heavy atom. The second-order valence-corrected chi connectivity index (χ2v) is 7.41. The van der Waals surface area contributed by atoms with Crippen LogP contribution in [0.25, 0.3) is 0 Å². The summed E-state index contributed by atoms with van der Waals surface area (Å²) in [6.45, 7) is 5.41. The number of alkyl halides is 1. The molecule has 0 aliphatic carbocycles. The monoisotopic (exact) mass is 285 g/mol. The Kier molecular flexibility index (Phi) is 4.36. The Bertz CT molecular complexity index is 278. The van der Waals surface area contributed by atoms with Crippen LogP contribution in [0.1, 0.15) is 13.8 Å². The van der Waals surface area contributed by atoms with Crippen molar-refractivity contribution in [1.29, 1.82) is 0 Å². The lowest BCUT2D eigenvalue weighted by molar-refractivity contribution is 0.151. The summed E-state index contributed by atoms with van der Waals surface area (Å²) < 4.78 is 30.4. The quantitative estimate of drug-likeness (QED) is 0.706. The molecule has 1 unspecified atom stereocenters. The molecule has 0 spiro atoms. The molecule has 1 fully saturated rings. The Morgan fingerprint density at radius 3 is 2.71 bits per heavy atom. The fraction of sp³-hybridized carbons (Fsp3) is 1.00. The van der Waals surface area contributed by atoms with Crippen LogP contribution in [0.2, 0.25) is 0 Å². The minimum Gasteiger partial charge on any atom is -0.379 e. The lowest BCUT2D eigenvalue weighted by Gasteiger charge is -2.22. The molecule has 0 aromatic carbocycles. The van der Waals surface area contributed by atoms with Crippen LogP contribution < -0.4 is 0 Å². The first-order valence-corrected chi connectivity index (χ1v) is 7.07. The van der Waals surface area contributed by atoms with E-state index >= 15 is 0 Å². The fourth-order valence-electron chi connectivity index (χ4n) is 1.27. The van der Waals surface area contributed by atoms with Gasteiger partial charge in [0.05, 0.1) is 23.3 Å². The summed E-state index contributed by atoms with van der Waals surface area (Å²) in [5.41, 5.74) is 0. The number of hydrogen-bond donors (Lipinski definition) is 0. The summed E-state index contributed by atoms with van der Waals surface area (Å²) in [6.07, 6.45) is 0. The van der Waals surface area contributed by atoms with Crippen molar-refractivity contribution in [3.63, 3.8) is 0 Å². The topological polar surface area (TPSA) is 46.6 Å². The summed E-state index contributed by atoms with van der Waals surface area (Å²) in [6, 6.07) is 0. The van der Waals surface area contributed by atoms with Gasteiger partial charge >= 0.3 is 0 Å². The molecule has 1 aliphatic heterocycles.